The molecule has 0 radical (unpaired) electrons. The van der Waals surface area contributed by atoms with E-state index in [1.54, 1.807) is 14.2 Å². The number of methoxy groups -OCH3 is 2. The number of aryl methyl sites for hydroxylation is 2. The summed E-state index contributed by atoms with van der Waals surface area (Å²) in [5.74, 6) is 1.29. The zero-order chi connectivity index (χ0) is 21.1. The lowest BCUT2D eigenvalue weighted by molar-refractivity contribution is -0.121. The summed E-state index contributed by atoms with van der Waals surface area (Å²) in [7, 11) is 3.22. The fourth-order valence-electron chi connectivity index (χ4n) is 2.79. The Hall–Kier alpha value is -2.80. The molecule has 0 aliphatic rings. The van der Waals surface area contributed by atoms with Crippen molar-refractivity contribution in [3.63, 3.8) is 0 Å². The Balaban J connectivity index is 1.65. The van der Waals surface area contributed by atoms with Crippen molar-refractivity contribution in [3.8, 4) is 11.5 Å². The van der Waals surface area contributed by atoms with Gasteiger partial charge in [0.2, 0.25) is 5.91 Å². The van der Waals surface area contributed by atoms with E-state index < -0.39 is 0 Å². The highest BCUT2D eigenvalue weighted by Crippen LogP contribution is 2.27. The maximum Gasteiger partial charge on any atom is 0.238 e. The Bertz CT molecular complexity index is 809. The SMILES string of the molecule is CCc1ccc(CCC(=O)NNC(=S)NCCc2ccc(OC)c(OC)c2)cc1. The lowest BCUT2D eigenvalue weighted by Gasteiger charge is -2.13. The third-order valence-electron chi connectivity index (χ3n) is 4.53. The number of nitrogens with one attached hydrogen (secondary N) is 3. The summed E-state index contributed by atoms with van der Waals surface area (Å²) in [6.07, 6.45) is 2.86. The fraction of sp³-hybridized carbons (Fsp3) is 0.364. The predicted octanol–water partition coefficient (Wildman–Crippen LogP) is 2.94. The highest BCUT2D eigenvalue weighted by Gasteiger charge is 2.06. The summed E-state index contributed by atoms with van der Waals surface area (Å²) in [6, 6.07) is 14.1. The van der Waals surface area contributed by atoms with Gasteiger partial charge in [0.25, 0.3) is 0 Å². The molecular formula is C22H29N3O3S. The molecular weight excluding hydrogens is 386 g/mol. The number of rotatable bonds is 9. The van der Waals surface area contributed by atoms with Crippen molar-refractivity contribution in [1.82, 2.24) is 16.2 Å². The van der Waals surface area contributed by atoms with Crippen molar-refractivity contribution in [2.45, 2.75) is 32.6 Å². The van der Waals surface area contributed by atoms with Gasteiger partial charge in [0.15, 0.2) is 16.6 Å². The molecule has 0 heterocycles. The number of thiocarbonyl (C=S) groups is 1. The second-order valence-electron chi connectivity index (χ2n) is 6.54. The van der Waals surface area contributed by atoms with Gasteiger partial charge in [-0.3, -0.25) is 15.6 Å². The Labute approximate surface area is 178 Å². The van der Waals surface area contributed by atoms with Gasteiger partial charge < -0.3 is 14.8 Å². The molecule has 2 rings (SSSR count). The first-order valence-electron chi connectivity index (χ1n) is 9.67. The summed E-state index contributed by atoms with van der Waals surface area (Å²) < 4.78 is 10.5. The molecule has 0 fully saturated rings. The van der Waals surface area contributed by atoms with Gasteiger partial charge in [-0.25, -0.2) is 0 Å². The number of hydrogen-bond acceptors (Lipinski definition) is 4. The number of benzene rings is 2. The lowest BCUT2D eigenvalue weighted by Crippen LogP contribution is -2.47. The van der Waals surface area contributed by atoms with E-state index in [9.17, 15) is 4.79 Å². The van der Waals surface area contributed by atoms with E-state index in [0.717, 1.165) is 24.0 Å². The average Bonchev–Trinajstić information content (AvgIpc) is 2.76. The largest absolute Gasteiger partial charge is 0.493 e. The smallest absolute Gasteiger partial charge is 0.238 e. The van der Waals surface area contributed by atoms with Gasteiger partial charge in [-0.05, 0) is 60.3 Å². The number of hydrazine groups is 1. The zero-order valence-electron chi connectivity index (χ0n) is 17.2. The van der Waals surface area contributed by atoms with Gasteiger partial charge in [-0.2, -0.15) is 0 Å². The van der Waals surface area contributed by atoms with Crippen LogP contribution < -0.4 is 25.6 Å². The minimum Gasteiger partial charge on any atom is -0.493 e. The Morgan fingerprint density at radius 1 is 0.897 bits per heavy atom. The first-order chi connectivity index (χ1) is 14.0. The van der Waals surface area contributed by atoms with Crippen LogP contribution in [0.25, 0.3) is 0 Å². The van der Waals surface area contributed by atoms with Crippen molar-refractivity contribution in [1.29, 1.82) is 0 Å². The van der Waals surface area contributed by atoms with Crippen LogP contribution in [0.15, 0.2) is 42.5 Å². The third kappa shape index (κ3) is 7.62. The van der Waals surface area contributed by atoms with E-state index in [2.05, 4.69) is 47.4 Å². The molecule has 0 unspecified atom stereocenters. The third-order valence-corrected chi connectivity index (χ3v) is 4.78. The van der Waals surface area contributed by atoms with Crippen molar-refractivity contribution in [2.75, 3.05) is 20.8 Å². The zero-order valence-corrected chi connectivity index (χ0v) is 18.0. The summed E-state index contributed by atoms with van der Waals surface area (Å²) >= 11 is 5.20. The van der Waals surface area contributed by atoms with Crippen molar-refractivity contribution in [2.24, 2.45) is 0 Å². The van der Waals surface area contributed by atoms with Crippen molar-refractivity contribution < 1.29 is 14.3 Å². The highest BCUT2D eigenvalue weighted by atomic mass is 32.1. The number of hydrogen-bond donors (Lipinski definition) is 3. The van der Waals surface area contributed by atoms with Gasteiger partial charge in [0.1, 0.15) is 0 Å². The summed E-state index contributed by atoms with van der Waals surface area (Å²) in [5.41, 5.74) is 8.90. The molecule has 0 atom stereocenters. The summed E-state index contributed by atoms with van der Waals surface area (Å²) in [4.78, 5) is 12.0. The second-order valence-corrected chi connectivity index (χ2v) is 6.95. The highest BCUT2D eigenvalue weighted by molar-refractivity contribution is 7.80. The topological polar surface area (TPSA) is 71.6 Å². The van der Waals surface area contributed by atoms with Crippen LogP contribution in [0.2, 0.25) is 0 Å². The molecule has 0 spiro atoms. The minimum absolute atomic E-state index is 0.103. The molecule has 7 heteroatoms. The quantitative estimate of drug-likeness (QED) is 0.432. The van der Waals surface area contributed by atoms with E-state index >= 15 is 0 Å². The van der Waals surface area contributed by atoms with Crippen LogP contribution in [-0.4, -0.2) is 31.8 Å². The molecule has 6 nitrogen and oxygen atoms in total. The van der Waals surface area contributed by atoms with Crippen molar-refractivity contribution in [3.05, 3.63) is 59.2 Å². The van der Waals surface area contributed by atoms with Crippen LogP contribution in [-0.2, 0) is 24.1 Å². The van der Waals surface area contributed by atoms with E-state index in [0.29, 0.717) is 36.0 Å². The Morgan fingerprint density at radius 3 is 2.21 bits per heavy atom. The molecule has 1 amide bonds. The van der Waals surface area contributed by atoms with Crippen LogP contribution in [0.1, 0.15) is 30.0 Å². The molecule has 156 valence electrons. The molecule has 3 N–H and O–H groups in total. The van der Waals surface area contributed by atoms with E-state index in [1.807, 2.05) is 18.2 Å². The predicted molar refractivity (Wildman–Crippen MR) is 119 cm³/mol. The molecule has 0 aliphatic heterocycles. The number of amides is 1. The molecule has 0 saturated heterocycles. The van der Waals surface area contributed by atoms with E-state index in [1.165, 1.54) is 5.56 Å². The number of carbonyl (C=O) groups excluding carboxylic acids is 1. The molecule has 0 bridgehead atoms. The summed E-state index contributed by atoms with van der Waals surface area (Å²) in [5, 5.41) is 3.45. The van der Waals surface area contributed by atoms with Gasteiger partial charge in [-0.15, -0.1) is 0 Å². The first kappa shape index (κ1) is 22.5. The fourth-order valence-corrected chi connectivity index (χ4v) is 2.94. The lowest BCUT2D eigenvalue weighted by atomic mass is 10.1. The molecule has 2 aromatic rings. The molecule has 0 saturated carbocycles. The van der Waals surface area contributed by atoms with Crippen LogP contribution in [0.5, 0.6) is 11.5 Å². The number of ether oxygens (including phenoxy) is 2. The Kier molecular flexibility index (Phi) is 9.24. The van der Waals surface area contributed by atoms with E-state index in [-0.39, 0.29) is 5.91 Å². The van der Waals surface area contributed by atoms with Gasteiger partial charge in [0.05, 0.1) is 14.2 Å². The van der Waals surface area contributed by atoms with Gasteiger partial charge in [0, 0.05) is 13.0 Å². The van der Waals surface area contributed by atoms with Crippen LogP contribution in [0.4, 0.5) is 0 Å². The van der Waals surface area contributed by atoms with Gasteiger partial charge in [-0.1, -0.05) is 37.3 Å². The summed E-state index contributed by atoms with van der Waals surface area (Å²) in [6.45, 7) is 2.75. The second kappa shape index (κ2) is 11.9. The molecule has 29 heavy (non-hydrogen) atoms. The first-order valence-corrected chi connectivity index (χ1v) is 10.1. The number of carbonyl (C=O) groups is 1. The van der Waals surface area contributed by atoms with E-state index in [4.69, 9.17) is 21.7 Å². The van der Waals surface area contributed by atoms with Crippen LogP contribution in [0.3, 0.4) is 0 Å². The normalized spacial score (nSPS) is 10.2. The maximum atomic E-state index is 12.0. The Morgan fingerprint density at radius 2 is 1.55 bits per heavy atom. The minimum atomic E-state index is -0.103. The molecule has 2 aromatic carbocycles. The molecule has 0 aliphatic carbocycles. The maximum absolute atomic E-state index is 12.0. The van der Waals surface area contributed by atoms with Crippen LogP contribution >= 0.6 is 12.2 Å². The van der Waals surface area contributed by atoms with Crippen molar-refractivity contribution >= 4 is 23.2 Å². The molecule has 0 aromatic heterocycles. The standard InChI is InChI=1S/C22H29N3O3S/c1-4-16-5-7-17(8-6-16)10-12-21(26)24-25-22(29)23-14-13-18-9-11-19(27-2)20(15-18)28-3/h5-9,11,15H,4,10,12-14H2,1-3H3,(H,24,26)(H2,23,25,29). The monoisotopic (exact) mass is 415 g/mol. The van der Waals surface area contributed by atoms with Crippen LogP contribution in [0, 0.1) is 0 Å². The average molecular weight is 416 g/mol. The van der Waals surface area contributed by atoms with Gasteiger partial charge >= 0.3 is 0 Å².